The highest BCUT2D eigenvalue weighted by molar-refractivity contribution is 9.10. The van der Waals surface area contributed by atoms with Gasteiger partial charge in [0.15, 0.2) is 0 Å². The van der Waals surface area contributed by atoms with Crippen LogP contribution in [-0.4, -0.2) is 20.3 Å². The van der Waals surface area contributed by atoms with Gasteiger partial charge in [-0.3, -0.25) is 5.10 Å². The summed E-state index contributed by atoms with van der Waals surface area (Å²) in [6, 6.07) is 7.64. The van der Waals surface area contributed by atoms with Crippen LogP contribution in [0.15, 0.2) is 39.5 Å². The first-order valence-corrected chi connectivity index (χ1v) is 5.92. The van der Waals surface area contributed by atoms with Crippen molar-refractivity contribution in [2.45, 2.75) is 0 Å². The van der Waals surface area contributed by atoms with E-state index < -0.39 is 0 Å². The number of aromatic amines is 1. The van der Waals surface area contributed by atoms with E-state index in [-0.39, 0.29) is 0 Å². The van der Waals surface area contributed by atoms with Crippen molar-refractivity contribution in [3.05, 3.63) is 34.9 Å². The summed E-state index contributed by atoms with van der Waals surface area (Å²) in [6.45, 7) is 0. The van der Waals surface area contributed by atoms with Crippen LogP contribution in [0.25, 0.3) is 22.8 Å². The maximum Gasteiger partial charge on any atom is 0.263 e. The third-order valence-electron chi connectivity index (χ3n) is 2.41. The second-order valence-electron chi connectivity index (χ2n) is 3.63. The first-order chi connectivity index (χ1) is 8.74. The zero-order valence-electron chi connectivity index (χ0n) is 9.09. The number of H-pyrrole nitrogens is 1. The van der Waals surface area contributed by atoms with Gasteiger partial charge in [0, 0.05) is 10.0 Å². The summed E-state index contributed by atoms with van der Waals surface area (Å²) in [4.78, 5) is 4.29. The Balaban J connectivity index is 2.02. The van der Waals surface area contributed by atoms with Gasteiger partial charge in [-0.15, -0.1) is 0 Å². The van der Waals surface area contributed by atoms with Gasteiger partial charge >= 0.3 is 0 Å². The maximum atomic E-state index is 5.69. The van der Waals surface area contributed by atoms with Gasteiger partial charge in [-0.05, 0) is 12.1 Å². The van der Waals surface area contributed by atoms with E-state index in [0.717, 1.165) is 10.0 Å². The average molecular weight is 306 g/mol. The number of nitrogens with one attached hydrogen (secondary N) is 1. The topological polar surface area (TPSA) is 93.6 Å². The largest absolute Gasteiger partial charge is 0.383 e. The molecular formula is C11H8BrN5O. The van der Waals surface area contributed by atoms with Crippen molar-refractivity contribution in [2.24, 2.45) is 0 Å². The zero-order chi connectivity index (χ0) is 12.5. The van der Waals surface area contributed by atoms with Gasteiger partial charge in [0.25, 0.3) is 5.89 Å². The zero-order valence-corrected chi connectivity index (χ0v) is 10.7. The third-order valence-corrected chi connectivity index (χ3v) is 2.90. The van der Waals surface area contributed by atoms with Crippen molar-refractivity contribution < 1.29 is 4.52 Å². The quantitative estimate of drug-likeness (QED) is 0.758. The van der Waals surface area contributed by atoms with Gasteiger partial charge < -0.3 is 10.3 Å². The number of nitrogen functional groups attached to an aromatic ring is 1. The Hall–Kier alpha value is -2.15. The van der Waals surface area contributed by atoms with Gasteiger partial charge in [-0.1, -0.05) is 33.2 Å². The number of nitrogens with zero attached hydrogens (tertiary/aromatic N) is 3. The van der Waals surface area contributed by atoms with Crippen LogP contribution in [-0.2, 0) is 0 Å². The molecule has 3 aromatic rings. The highest BCUT2D eigenvalue weighted by atomic mass is 79.9. The number of rotatable bonds is 2. The van der Waals surface area contributed by atoms with Crippen LogP contribution < -0.4 is 5.73 Å². The molecule has 0 fully saturated rings. The molecule has 1 aromatic carbocycles. The smallest absolute Gasteiger partial charge is 0.263 e. The molecule has 18 heavy (non-hydrogen) atoms. The van der Waals surface area contributed by atoms with E-state index in [0.29, 0.717) is 23.1 Å². The van der Waals surface area contributed by atoms with E-state index in [2.05, 4.69) is 36.3 Å². The molecule has 0 bridgehead atoms. The van der Waals surface area contributed by atoms with Gasteiger partial charge in [-0.25, -0.2) is 0 Å². The minimum atomic E-state index is 0.344. The van der Waals surface area contributed by atoms with Crippen molar-refractivity contribution in [2.75, 3.05) is 5.73 Å². The van der Waals surface area contributed by atoms with Crippen LogP contribution in [0.5, 0.6) is 0 Å². The Bertz CT molecular complexity index is 690. The fourth-order valence-corrected chi connectivity index (χ4v) is 1.94. The van der Waals surface area contributed by atoms with Gasteiger partial charge in [-0.2, -0.15) is 10.1 Å². The van der Waals surface area contributed by atoms with E-state index in [4.69, 9.17) is 10.3 Å². The Labute approximate surface area is 110 Å². The van der Waals surface area contributed by atoms with Gasteiger partial charge in [0.2, 0.25) is 5.82 Å². The summed E-state index contributed by atoms with van der Waals surface area (Å²) in [5, 5.41) is 10.3. The number of hydrogen-bond donors (Lipinski definition) is 2. The van der Waals surface area contributed by atoms with Crippen molar-refractivity contribution in [3.63, 3.8) is 0 Å². The molecule has 0 saturated carbocycles. The lowest BCUT2D eigenvalue weighted by molar-refractivity contribution is 0.432. The van der Waals surface area contributed by atoms with Crippen molar-refractivity contribution >= 4 is 21.7 Å². The monoisotopic (exact) mass is 305 g/mol. The lowest BCUT2D eigenvalue weighted by Gasteiger charge is -1.94. The summed E-state index contributed by atoms with van der Waals surface area (Å²) in [5.41, 5.74) is 7.15. The van der Waals surface area contributed by atoms with Crippen LogP contribution in [0.3, 0.4) is 0 Å². The van der Waals surface area contributed by atoms with Crippen molar-refractivity contribution in [1.29, 1.82) is 0 Å². The first kappa shape index (κ1) is 11.0. The molecule has 0 spiro atoms. The fourth-order valence-electron chi connectivity index (χ4n) is 1.54. The molecule has 0 aliphatic rings. The maximum absolute atomic E-state index is 5.69. The minimum Gasteiger partial charge on any atom is -0.383 e. The highest BCUT2D eigenvalue weighted by Gasteiger charge is 2.14. The van der Waals surface area contributed by atoms with Crippen LogP contribution in [0.1, 0.15) is 0 Å². The molecule has 0 unspecified atom stereocenters. The highest BCUT2D eigenvalue weighted by Crippen LogP contribution is 2.26. The number of nitrogens with two attached hydrogens (primary N) is 1. The Morgan fingerprint density at radius 3 is 2.94 bits per heavy atom. The molecule has 3 rings (SSSR count). The lowest BCUT2D eigenvalue weighted by Crippen LogP contribution is -1.87. The average Bonchev–Trinajstić information content (AvgIpc) is 2.97. The summed E-state index contributed by atoms with van der Waals surface area (Å²) in [6.07, 6.45) is 1.55. The van der Waals surface area contributed by atoms with E-state index in [1.807, 2.05) is 24.3 Å². The molecule has 7 heteroatoms. The molecule has 6 nitrogen and oxygen atoms in total. The third kappa shape index (κ3) is 1.88. The Morgan fingerprint density at radius 1 is 1.33 bits per heavy atom. The molecule has 0 aliphatic heterocycles. The summed E-state index contributed by atoms with van der Waals surface area (Å²) in [7, 11) is 0. The lowest BCUT2D eigenvalue weighted by atomic mass is 10.2. The summed E-state index contributed by atoms with van der Waals surface area (Å²) >= 11 is 3.40. The SMILES string of the molecule is Nc1[nH]ncc1-c1nc(-c2cccc(Br)c2)no1. The molecule has 0 amide bonds. The number of aromatic nitrogens is 4. The van der Waals surface area contributed by atoms with Crippen LogP contribution in [0.4, 0.5) is 5.82 Å². The molecule has 3 N–H and O–H groups in total. The Morgan fingerprint density at radius 2 is 2.22 bits per heavy atom. The second-order valence-corrected chi connectivity index (χ2v) is 4.55. The van der Waals surface area contributed by atoms with Gasteiger partial charge in [0.05, 0.1) is 6.20 Å². The normalized spacial score (nSPS) is 10.7. The van der Waals surface area contributed by atoms with Crippen LogP contribution in [0, 0.1) is 0 Å². The minimum absolute atomic E-state index is 0.344. The summed E-state index contributed by atoms with van der Waals surface area (Å²) < 4.78 is 6.12. The number of anilines is 1. The van der Waals surface area contributed by atoms with Crippen LogP contribution >= 0.6 is 15.9 Å². The van der Waals surface area contributed by atoms with E-state index in [1.165, 1.54) is 0 Å². The second kappa shape index (κ2) is 4.26. The molecular weight excluding hydrogens is 298 g/mol. The predicted octanol–water partition coefficient (Wildman–Crippen LogP) is 2.47. The fraction of sp³-hybridized carbons (Fsp3) is 0. The predicted molar refractivity (Wildman–Crippen MR) is 69.4 cm³/mol. The number of halogens is 1. The van der Waals surface area contributed by atoms with Crippen molar-refractivity contribution in [3.8, 4) is 22.8 Å². The van der Waals surface area contributed by atoms with E-state index >= 15 is 0 Å². The Kier molecular flexibility index (Phi) is 2.60. The molecule has 2 heterocycles. The molecule has 0 aliphatic carbocycles. The summed E-state index contributed by atoms with van der Waals surface area (Å²) in [5.74, 6) is 1.25. The molecule has 90 valence electrons. The molecule has 2 aromatic heterocycles. The van der Waals surface area contributed by atoms with E-state index in [9.17, 15) is 0 Å². The van der Waals surface area contributed by atoms with Crippen LogP contribution in [0.2, 0.25) is 0 Å². The molecule has 0 radical (unpaired) electrons. The van der Waals surface area contributed by atoms with E-state index in [1.54, 1.807) is 6.20 Å². The molecule has 0 atom stereocenters. The first-order valence-electron chi connectivity index (χ1n) is 5.13. The standard InChI is InChI=1S/C11H8BrN5O/c12-7-3-1-2-6(4-7)10-15-11(18-17-10)8-5-14-16-9(8)13/h1-5H,(H3,13,14,16). The number of benzene rings is 1. The van der Waals surface area contributed by atoms with Gasteiger partial charge in [0.1, 0.15) is 11.4 Å². The molecule has 0 saturated heterocycles. The number of hydrogen-bond acceptors (Lipinski definition) is 5. The van der Waals surface area contributed by atoms with Crippen molar-refractivity contribution in [1.82, 2.24) is 20.3 Å².